The molecule has 8 heteroatoms. The summed E-state index contributed by atoms with van der Waals surface area (Å²) < 4.78 is 7.17. The van der Waals surface area contributed by atoms with Crippen molar-refractivity contribution in [2.24, 2.45) is 0 Å². The van der Waals surface area contributed by atoms with E-state index in [4.69, 9.17) is 4.74 Å². The van der Waals surface area contributed by atoms with Crippen molar-refractivity contribution in [2.45, 2.75) is 46.1 Å². The van der Waals surface area contributed by atoms with Gasteiger partial charge in [0.2, 0.25) is 0 Å². The molecule has 0 radical (unpaired) electrons. The molecular formula is C25H28N4O4. The molecule has 0 spiro atoms. The number of aromatic nitrogens is 2. The van der Waals surface area contributed by atoms with Crippen LogP contribution in [0.5, 0.6) is 5.75 Å². The maximum Gasteiger partial charge on any atom is 0.316 e. The van der Waals surface area contributed by atoms with E-state index in [1.54, 1.807) is 54.0 Å². The Kier molecular flexibility index (Phi) is 6.72. The topological polar surface area (TPSA) is 93.5 Å². The van der Waals surface area contributed by atoms with Crippen molar-refractivity contribution >= 4 is 34.1 Å². The lowest BCUT2D eigenvalue weighted by Crippen LogP contribution is -2.39. The largest absolute Gasteiger partial charge is 0.494 e. The number of nitrogens with zero attached hydrogens (tertiary/aromatic N) is 3. The van der Waals surface area contributed by atoms with Crippen LogP contribution < -0.4 is 20.5 Å². The Morgan fingerprint density at radius 3 is 2.61 bits per heavy atom. The van der Waals surface area contributed by atoms with Crippen LogP contribution in [0.15, 0.2) is 47.3 Å². The van der Waals surface area contributed by atoms with Gasteiger partial charge >= 0.3 is 11.8 Å². The maximum absolute atomic E-state index is 13.0. The molecule has 0 atom stereocenters. The Hall–Kier alpha value is -3.68. The highest BCUT2D eigenvalue weighted by molar-refractivity contribution is 6.44. The first kappa shape index (κ1) is 22.5. The number of anilines is 2. The van der Waals surface area contributed by atoms with Gasteiger partial charge in [0.1, 0.15) is 11.6 Å². The summed E-state index contributed by atoms with van der Waals surface area (Å²) >= 11 is 0. The first-order valence-electron chi connectivity index (χ1n) is 11.4. The number of nitrogens with one attached hydrogen (secondary N) is 1. The highest BCUT2D eigenvalue weighted by Gasteiger charge is 2.23. The highest BCUT2D eigenvalue weighted by Crippen LogP contribution is 2.21. The maximum atomic E-state index is 13.0. The van der Waals surface area contributed by atoms with Gasteiger partial charge < -0.3 is 15.0 Å². The normalized spacial score (nSPS) is 13.2. The summed E-state index contributed by atoms with van der Waals surface area (Å²) in [7, 11) is 0. The van der Waals surface area contributed by atoms with Crippen LogP contribution in [-0.4, -0.2) is 34.5 Å². The van der Waals surface area contributed by atoms with Crippen molar-refractivity contribution in [3.8, 4) is 5.75 Å². The number of amides is 2. The van der Waals surface area contributed by atoms with E-state index in [-0.39, 0.29) is 5.56 Å². The molecule has 4 rings (SSSR count). The molecule has 1 N–H and O–H groups in total. The smallest absolute Gasteiger partial charge is 0.316 e. The van der Waals surface area contributed by atoms with Gasteiger partial charge in [-0.3, -0.25) is 19.0 Å². The number of ether oxygens (including phenoxy) is 1. The van der Waals surface area contributed by atoms with Crippen molar-refractivity contribution < 1.29 is 14.3 Å². The minimum absolute atomic E-state index is 0.108. The third kappa shape index (κ3) is 4.74. The second kappa shape index (κ2) is 9.85. The Morgan fingerprint density at radius 2 is 1.88 bits per heavy atom. The van der Waals surface area contributed by atoms with E-state index in [1.807, 2.05) is 6.92 Å². The molecule has 1 aliphatic rings. The number of carbonyl (C=O) groups is 2. The molecule has 2 amide bonds. The van der Waals surface area contributed by atoms with Crippen LogP contribution in [-0.2, 0) is 22.6 Å². The monoisotopic (exact) mass is 448 g/mol. The summed E-state index contributed by atoms with van der Waals surface area (Å²) in [6.07, 6.45) is 3.83. The molecule has 172 valence electrons. The highest BCUT2D eigenvalue weighted by atomic mass is 16.5. The Bertz CT molecular complexity index is 1230. The van der Waals surface area contributed by atoms with Gasteiger partial charge in [-0.25, -0.2) is 4.98 Å². The molecule has 3 aromatic rings. The minimum Gasteiger partial charge on any atom is -0.494 e. The van der Waals surface area contributed by atoms with Crippen molar-refractivity contribution in [3.05, 3.63) is 58.6 Å². The molecule has 1 aliphatic heterocycles. The standard InChI is InChI=1S/C25H28N4O4/c1-3-28(18-10-12-19(13-11-18)33-4-2)25(32)23(30)26-17-9-14-21-20(16-17)24(31)29-15-7-5-6-8-22(29)27-21/h9-14,16H,3-8,15H2,1-2H3,(H,26,30). The molecule has 0 unspecified atom stereocenters. The molecule has 1 aromatic heterocycles. The van der Waals surface area contributed by atoms with E-state index in [0.29, 0.717) is 47.7 Å². The minimum atomic E-state index is -0.770. The molecule has 0 saturated carbocycles. The number of benzene rings is 2. The van der Waals surface area contributed by atoms with Gasteiger partial charge in [-0.15, -0.1) is 0 Å². The second-order valence-electron chi connectivity index (χ2n) is 7.96. The molecule has 0 fully saturated rings. The molecule has 0 aliphatic carbocycles. The Morgan fingerprint density at radius 1 is 1.09 bits per heavy atom. The van der Waals surface area contributed by atoms with Crippen LogP contribution >= 0.6 is 0 Å². The van der Waals surface area contributed by atoms with Crippen molar-refractivity contribution in [2.75, 3.05) is 23.4 Å². The summed E-state index contributed by atoms with van der Waals surface area (Å²) in [5, 5.41) is 3.07. The lowest BCUT2D eigenvalue weighted by molar-refractivity contribution is -0.134. The summed E-state index contributed by atoms with van der Waals surface area (Å²) in [5.74, 6) is 0.0560. The number of likely N-dealkylation sites (N-methyl/N-ethyl adjacent to an activating group) is 1. The number of rotatable bonds is 5. The lowest BCUT2D eigenvalue weighted by atomic mass is 10.2. The van der Waals surface area contributed by atoms with Gasteiger partial charge in [0.15, 0.2) is 0 Å². The number of aryl methyl sites for hydroxylation is 1. The quantitative estimate of drug-likeness (QED) is 0.603. The van der Waals surface area contributed by atoms with E-state index in [9.17, 15) is 14.4 Å². The molecule has 2 aromatic carbocycles. The van der Waals surface area contributed by atoms with E-state index in [0.717, 1.165) is 31.5 Å². The van der Waals surface area contributed by atoms with E-state index in [1.165, 1.54) is 4.90 Å². The molecular weight excluding hydrogens is 420 g/mol. The van der Waals surface area contributed by atoms with Crippen LogP contribution in [0.1, 0.15) is 38.9 Å². The number of hydrogen-bond donors (Lipinski definition) is 1. The van der Waals surface area contributed by atoms with Crippen LogP contribution in [0.25, 0.3) is 10.9 Å². The number of carbonyl (C=O) groups excluding carboxylic acids is 2. The fraction of sp³-hybridized carbons (Fsp3) is 0.360. The van der Waals surface area contributed by atoms with Gasteiger partial charge in [-0.1, -0.05) is 6.42 Å². The van der Waals surface area contributed by atoms with Crippen molar-refractivity contribution in [1.29, 1.82) is 0 Å². The average molecular weight is 449 g/mol. The summed E-state index contributed by atoms with van der Waals surface area (Å²) in [5.41, 5.74) is 1.48. The van der Waals surface area contributed by atoms with Crippen LogP contribution in [0, 0.1) is 0 Å². The SMILES string of the molecule is CCOc1ccc(N(CC)C(=O)C(=O)Nc2ccc3nc4n(c(=O)c3c2)CCCCC4)cc1. The van der Waals surface area contributed by atoms with Gasteiger partial charge in [0, 0.05) is 30.9 Å². The van der Waals surface area contributed by atoms with E-state index < -0.39 is 11.8 Å². The average Bonchev–Trinajstić information content (AvgIpc) is 3.07. The first-order valence-corrected chi connectivity index (χ1v) is 11.4. The van der Waals surface area contributed by atoms with Gasteiger partial charge in [-0.05, 0) is 69.2 Å². The second-order valence-corrected chi connectivity index (χ2v) is 7.96. The number of hydrogen-bond acceptors (Lipinski definition) is 5. The Balaban J connectivity index is 1.55. The zero-order valence-electron chi connectivity index (χ0n) is 19.0. The fourth-order valence-corrected chi connectivity index (χ4v) is 4.14. The predicted molar refractivity (Wildman–Crippen MR) is 128 cm³/mol. The fourth-order valence-electron chi connectivity index (χ4n) is 4.14. The van der Waals surface area contributed by atoms with Crippen LogP contribution in [0.3, 0.4) is 0 Å². The van der Waals surface area contributed by atoms with Crippen LogP contribution in [0.2, 0.25) is 0 Å². The van der Waals surface area contributed by atoms with Crippen molar-refractivity contribution in [1.82, 2.24) is 9.55 Å². The third-order valence-corrected chi connectivity index (χ3v) is 5.79. The van der Waals surface area contributed by atoms with Crippen LogP contribution in [0.4, 0.5) is 11.4 Å². The molecule has 0 saturated heterocycles. The molecule has 33 heavy (non-hydrogen) atoms. The summed E-state index contributed by atoms with van der Waals surface area (Å²) in [4.78, 5) is 44.7. The molecule has 8 nitrogen and oxygen atoms in total. The number of fused-ring (bicyclic) bond motifs is 2. The molecule has 2 heterocycles. The van der Waals surface area contributed by atoms with E-state index >= 15 is 0 Å². The zero-order valence-corrected chi connectivity index (χ0v) is 19.0. The van der Waals surface area contributed by atoms with Gasteiger partial charge in [0.05, 0.1) is 17.5 Å². The summed E-state index contributed by atoms with van der Waals surface area (Å²) in [6, 6.07) is 12.0. The zero-order chi connectivity index (χ0) is 23.4. The van der Waals surface area contributed by atoms with Gasteiger partial charge in [0.25, 0.3) is 5.56 Å². The first-order chi connectivity index (χ1) is 16.0. The predicted octanol–water partition coefficient (Wildman–Crippen LogP) is 3.51. The molecule has 0 bridgehead atoms. The summed E-state index contributed by atoms with van der Waals surface area (Å²) in [6.45, 7) is 5.23. The van der Waals surface area contributed by atoms with E-state index in [2.05, 4.69) is 10.3 Å². The lowest BCUT2D eigenvalue weighted by Gasteiger charge is -2.20. The van der Waals surface area contributed by atoms with Gasteiger partial charge in [-0.2, -0.15) is 0 Å². The third-order valence-electron chi connectivity index (χ3n) is 5.79. The Labute approximate surface area is 192 Å². The van der Waals surface area contributed by atoms with Crippen molar-refractivity contribution in [3.63, 3.8) is 0 Å².